The summed E-state index contributed by atoms with van der Waals surface area (Å²) in [6.07, 6.45) is -16.4. The first-order chi connectivity index (χ1) is 23.1. The third-order valence-corrected chi connectivity index (χ3v) is 10.0. The maximum atomic E-state index is 14.8. The zero-order valence-electron chi connectivity index (χ0n) is 26.3. The van der Waals surface area contributed by atoms with Gasteiger partial charge in [0.05, 0.1) is 0 Å². The van der Waals surface area contributed by atoms with Gasteiger partial charge < -0.3 is 14.4 Å². The second kappa shape index (κ2) is 12.8. The first-order valence-corrected chi connectivity index (χ1v) is 16.2. The Balaban J connectivity index is 0.000000284. The van der Waals surface area contributed by atoms with Crippen LogP contribution < -0.4 is 4.74 Å². The van der Waals surface area contributed by atoms with E-state index in [0.29, 0.717) is 7.05 Å². The second-order valence-electron chi connectivity index (χ2n) is 11.4. The van der Waals surface area contributed by atoms with Crippen LogP contribution >= 0.6 is 0 Å². The molecule has 30 heteroatoms. The van der Waals surface area contributed by atoms with Crippen molar-refractivity contribution >= 4 is 29.8 Å². The predicted octanol–water partition coefficient (Wildman–Crippen LogP) is 4.72. The van der Waals surface area contributed by atoms with Gasteiger partial charge in [-0.1, -0.05) is 10.3 Å². The highest BCUT2D eigenvalue weighted by Gasteiger charge is 2.64. The molecule has 52 heavy (non-hydrogen) atoms. The molecule has 2 aromatic rings. The zero-order valence-corrected chi connectivity index (χ0v) is 28.0. The Bertz CT molecular complexity index is 1990. The number of hydrogen-bond donors (Lipinski definition) is 0. The molecule has 0 saturated heterocycles. The molecule has 4 heterocycles. The van der Waals surface area contributed by atoms with Gasteiger partial charge in [-0.05, 0) is 27.7 Å². The summed E-state index contributed by atoms with van der Waals surface area (Å²) in [4.78, 5) is 8.94. The third kappa shape index (κ3) is 7.17. The number of nitrogens with zero attached hydrogens (tertiary/aromatic N) is 7. The van der Waals surface area contributed by atoms with Gasteiger partial charge in [0, 0.05) is 14.1 Å². The number of rotatable bonds is 6. The van der Waals surface area contributed by atoms with Crippen molar-refractivity contribution in [3.05, 3.63) is 22.6 Å². The second-order valence-corrected chi connectivity index (χ2v) is 15.3. The van der Waals surface area contributed by atoms with Crippen molar-refractivity contribution in [1.29, 1.82) is 0 Å². The fourth-order valence-electron chi connectivity index (χ4n) is 3.98. The van der Waals surface area contributed by atoms with Crippen molar-refractivity contribution < 1.29 is 92.7 Å². The monoisotopic (exact) mass is 825 g/mol. The molecule has 2 aromatic heterocycles. The summed E-state index contributed by atoms with van der Waals surface area (Å²) in [7, 11) is -11.0. The number of hydrogen-bond acceptors (Lipinski definition) is 12. The molecule has 0 bridgehead atoms. The molecule has 0 amide bonds. The normalized spacial score (nSPS) is 20.9. The van der Waals surface area contributed by atoms with Gasteiger partial charge in [-0.3, -0.25) is 0 Å². The molecule has 2 atom stereocenters. The van der Waals surface area contributed by atoms with Crippen LogP contribution in [0.3, 0.4) is 0 Å². The van der Waals surface area contributed by atoms with Gasteiger partial charge >= 0.3 is 29.5 Å². The molecule has 0 aliphatic carbocycles. The number of ether oxygens (including phenoxy) is 1. The van der Waals surface area contributed by atoms with Crippen LogP contribution in [0.1, 0.15) is 50.3 Å². The van der Waals surface area contributed by atoms with E-state index in [-0.39, 0.29) is 9.48 Å². The molecular weight excluding hydrogens is 804 g/mol. The predicted molar refractivity (Wildman–Crippen MR) is 141 cm³/mol. The summed E-state index contributed by atoms with van der Waals surface area (Å²) in [5, 5.41) is -0.856. The third-order valence-electron chi connectivity index (χ3n) is 6.63. The molecule has 2 aliphatic rings. The Hall–Kier alpha value is -3.99. The van der Waals surface area contributed by atoms with E-state index in [1.54, 1.807) is 0 Å². The molecule has 4 rings (SSSR count). The Kier molecular flexibility index (Phi) is 10.5. The van der Waals surface area contributed by atoms with E-state index in [0.717, 1.165) is 34.7 Å². The van der Waals surface area contributed by atoms with Gasteiger partial charge in [-0.15, -0.1) is 5.10 Å². The minimum Gasteiger partial charge on any atom is -0.417 e. The summed E-state index contributed by atoms with van der Waals surface area (Å²) < 4.78 is 241. The smallest absolute Gasteiger partial charge is 0.417 e. The van der Waals surface area contributed by atoms with Crippen molar-refractivity contribution in [2.75, 3.05) is 0 Å². The summed E-state index contributed by atoms with van der Waals surface area (Å²) in [5.74, 6) is -1.87. The highest BCUT2D eigenvalue weighted by molar-refractivity contribution is 8.07. The molecule has 0 saturated carbocycles. The quantitative estimate of drug-likeness (QED) is 0.372. The molecule has 296 valence electrons. The lowest BCUT2D eigenvalue weighted by Gasteiger charge is -2.21. The van der Waals surface area contributed by atoms with E-state index in [9.17, 15) is 78.3 Å². The standard InChI is InChI=1S/C12H11F8N3O4S.C10H10F6N4O3S/c1-10(2)5(13)7(22-27-10)28(24,25)12(19,20)4-6(11(16,17)18)21-23(3)8(4)26-9(14)15;1-8(2)4(11)7(19-23-8)24(21,22)10(15,16)6-5(9(12,13)14)17-20(3)18-6/h5,9H,1-3H3;4H,1-3H3. The van der Waals surface area contributed by atoms with Crippen LogP contribution in [0, 0.1) is 0 Å². The summed E-state index contributed by atoms with van der Waals surface area (Å²) in [6.45, 7) is 0.0571. The van der Waals surface area contributed by atoms with E-state index < -0.39 is 111 Å². The van der Waals surface area contributed by atoms with E-state index in [1.165, 1.54) is 0 Å². The fourth-order valence-corrected chi connectivity index (χ4v) is 6.74. The van der Waals surface area contributed by atoms with Crippen LogP contribution in [0.4, 0.5) is 61.5 Å². The molecular formula is C22H21F14N7O7S2. The lowest BCUT2D eigenvalue weighted by Crippen LogP contribution is -2.43. The minimum absolute atomic E-state index is 0.130. The molecule has 14 nitrogen and oxygen atoms in total. The minimum atomic E-state index is -6.30. The molecule has 2 aliphatic heterocycles. The van der Waals surface area contributed by atoms with Crippen LogP contribution in [0.15, 0.2) is 10.3 Å². The topological polar surface area (TPSA) is 169 Å². The van der Waals surface area contributed by atoms with Crippen LogP contribution in [-0.2, 0) is 66.3 Å². The SMILES string of the molecule is Cn1nc(C(F)(F)F)c(C(F)(F)S(=O)(=O)C2=NOC(C)(C)C2F)c1OC(F)F.Cn1nc(C(F)(F)F)c(C(F)(F)S(=O)(=O)C2=NOC(C)(C)C2F)n1. The Morgan fingerprint density at radius 3 is 1.40 bits per heavy atom. The van der Waals surface area contributed by atoms with Crippen molar-refractivity contribution in [3.63, 3.8) is 0 Å². The van der Waals surface area contributed by atoms with Crippen molar-refractivity contribution in [3.8, 4) is 5.88 Å². The maximum Gasteiger partial charge on any atom is 0.437 e. The fraction of sp³-hybridized carbons (Fsp3) is 0.682. The number of aromatic nitrogens is 5. The largest absolute Gasteiger partial charge is 0.437 e. The molecule has 0 fully saturated rings. The summed E-state index contributed by atoms with van der Waals surface area (Å²) >= 11 is 0. The van der Waals surface area contributed by atoms with E-state index in [2.05, 4.69) is 40.0 Å². The van der Waals surface area contributed by atoms with Gasteiger partial charge in [0.25, 0.3) is 19.7 Å². The van der Waals surface area contributed by atoms with Gasteiger partial charge in [-0.2, -0.15) is 67.7 Å². The van der Waals surface area contributed by atoms with E-state index in [1.807, 2.05) is 0 Å². The Morgan fingerprint density at radius 2 is 1.06 bits per heavy atom. The van der Waals surface area contributed by atoms with Gasteiger partial charge in [0.2, 0.25) is 16.0 Å². The van der Waals surface area contributed by atoms with Crippen molar-refractivity contribution in [2.24, 2.45) is 24.4 Å². The van der Waals surface area contributed by atoms with Crippen molar-refractivity contribution in [2.45, 2.75) is 80.7 Å². The summed E-state index contributed by atoms with van der Waals surface area (Å²) in [5.41, 5.74) is -13.3. The lowest BCUT2D eigenvalue weighted by atomic mass is 10.1. The Morgan fingerprint density at radius 1 is 0.673 bits per heavy atom. The molecule has 0 aromatic carbocycles. The molecule has 0 spiro atoms. The highest BCUT2D eigenvalue weighted by Crippen LogP contribution is 2.49. The van der Waals surface area contributed by atoms with Gasteiger partial charge in [0.1, 0.15) is 5.56 Å². The zero-order chi connectivity index (χ0) is 40.6. The number of aryl methyl sites for hydroxylation is 2. The van der Waals surface area contributed by atoms with E-state index >= 15 is 0 Å². The van der Waals surface area contributed by atoms with Gasteiger partial charge in [0.15, 0.2) is 40.6 Å². The van der Waals surface area contributed by atoms with Crippen LogP contribution in [-0.4, -0.2) is 81.9 Å². The molecule has 2 unspecified atom stereocenters. The van der Waals surface area contributed by atoms with Crippen LogP contribution in [0.2, 0.25) is 0 Å². The van der Waals surface area contributed by atoms with Crippen LogP contribution in [0.5, 0.6) is 5.88 Å². The Labute approximate surface area is 281 Å². The molecule has 0 radical (unpaired) electrons. The lowest BCUT2D eigenvalue weighted by molar-refractivity contribution is -0.144. The number of alkyl halides is 14. The average molecular weight is 826 g/mol. The summed E-state index contributed by atoms with van der Waals surface area (Å²) in [6, 6.07) is 0. The first-order valence-electron chi connectivity index (χ1n) is 13.2. The number of halogens is 14. The van der Waals surface area contributed by atoms with Gasteiger partial charge in [-0.25, -0.2) is 30.3 Å². The van der Waals surface area contributed by atoms with E-state index in [4.69, 9.17) is 0 Å². The first kappa shape index (κ1) is 42.4. The number of sulfone groups is 2. The highest BCUT2D eigenvalue weighted by atomic mass is 32.2. The number of oxime groups is 2. The maximum absolute atomic E-state index is 14.8. The van der Waals surface area contributed by atoms with Crippen molar-refractivity contribution in [1.82, 2.24) is 24.8 Å². The average Bonchev–Trinajstić information content (AvgIpc) is 3.67. The van der Waals surface area contributed by atoms with Crippen LogP contribution in [0.25, 0.3) is 0 Å². The molecule has 0 N–H and O–H groups in total.